The van der Waals surface area contributed by atoms with Gasteiger partial charge in [-0.05, 0) is 42.5 Å². The van der Waals surface area contributed by atoms with Gasteiger partial charge in [0.2, 0.25) is 11.8 Å². The normalized spacial score (nSPS) is 31.8. The highest BCUT2D eigenvalue weighted by Crippen LogP contribution is 2.53. The maximum absolute atomic E-state index is 12.7. The third-order valence-corrected chi connectivity index (χ3v) is 5.09. The molecule has 1 aromatic rings. The van der Waals surface area contributed by atoms with Gasteiger partial charge in [0.1, 0.15) is 0 Å². The van der Waals surface area contributed by atoms with Crippen molar-refractivity contribution in [1.29, 1.82) is 0 Å². The Morgan fingerprint density at radius 3 is 2.09 bits per heavy atom. The first-order valence-corrected chi connectivity index (χ1v) is 7.50. The van der Waals surface area contributed by atoms with E-state index in [0.29, 0.717) is 11.3 Å². The molecule has 22 heavy (non-hydrogen) atoms. The van der Waals surface area contributed by atoms with Gasteiger partial charge in [0, 0.05) is 12.6 Å². The molecule has 1 aliphatic heterocycles. The van der Waals surface area contributed by atoms with Crippen molar-refractivity contribution in [2.24, 2.45) is 23.7 Å². The Kier molecular flexibility index (Phi) is 2.73. The van der Waals surface area contributed by atoms with Crippen molar-refractivity contribution in [1.82, 2.24) is 5.32 Å². The molecule has 1 saturated carbocycles. The first-order chi connectivity index (χ1) is 10.6. The van der Waals surface area contributed by atoms with Crippen molar-refractivity contribution in [2.75, 3.05) is 11.9 Å². The van der Waals surface area contributed by atoms with Crippen LogP contribution in [0.15, 0.2) is 36.4 Å². The van der Waals surface area contributed by atoms with Crippen molar-refractivity contribution in [3.63, 3.8) is 0 Å². The predicted molar refractivity (Wildman–Crippen MR) is 80.0 cm³/mol. The van der Waals surface area contributed by atoms with Crippen molar-refractivity contribution in [2.45, 2.75) is 6.42 Å². The number of anilines is 1. The molecule has 4 atom stereocenters. The highest BCUT2D eigenvalue weighted by Gasteiger charge is 2.59. The van der Waals surface area contributed by atoms with Gasteiger partial charge in [-0.25, -0.2) is 0 Å². The molecule has 1 heterocycles. The highest BCUT2D eigenvalue weighted by molar-refractivity contribution is 6.22. The molecule has 1 saturated heterocycles. The highest BCUT2D eigenvalue weighted by atomic mass is 16.2. The van der Waals surface area contributed by atoms with E-state index in [1.807, 2.05) is 0 Å². The topological polar surface area (TPSA) is 66.5 Å². The molecule has 4 rings (SSSR count). The minimum Gasteiger partial charge on any atom is -0.355 e. The third kappa shape index (κ3) is 1.62. The molecule has 2 aliphatic carbocycles. The van der Waals surface area contributed by atoms with E-state index in [1.54, 1.807) is 31.3 Å². The van der Waals surface area contributed by atoms with Crippen LogP contribution in [0.5, 0.6) is 0 Å². The molecular formula is C17H16N2O3. The molecule has 4 unspecified atom stereocenters. The largest absolute Gasteiger partial charge is 0.355 e. The molecule has 1 N–H and O–H groups in total. The molecule has 5 heteroatoms. The smallest absolute Gasteiger partial charge is 0.251 e. The van der Waals surface area contributed by atoms with Gasteiger partial charge in [-0.3, -0.25) is 19.3 Å². The van der Waals surface area contributed by atoms with E-state index >= 15 is 0 Å². The summed E-state index contributed by atoms with van der Waals surface area (Å²) in [4.78, 5) is 38.2. The molecule has 3 aliphatic rings. The Morgan fingerprint density at radius 2 is 1.59 bits per heavy atom. The number of benzene rings is 1. The molecule has 0 aromatic heterocycles. The molecule has 3 amide bonds. The van der Waals surface area contributed by atoms with Gasteiger partial charge in [0.05, 0.1) is 17.5 Å². The Bertz CT molecular complexity index is 677. The standard InChI is InChI=1S/C17H16N2O3/c1-18-15(20)9-4-6-12(7-5-9)19-16(21)13-10-2-3-11(8-10)14(13)17(19)22/h2-7,10-11,13-14H,8H2,1H3,(H,18,20). The van der Waals surface area contributed by atoms with Gasteiger partial charge in [-0.1, -0.05) is 12.2 Å². The first kappa shape index (κ1) is 13.2. The summed E-state index contributed by atoms with van der Waals surface area (Å²) < 4.78 is 0. The predicted octanol–water partition coefficient (Wildman–Crippen LogP) is 1.36. The summed E-state index contributed by atoms with van der Waals surface area (Å²) >= 11 is 0. The van der Waals surface area contributed by atoms with Gasteiger partial charge in [-0.15, -0.1) is 0 Å². The van der Waals surface area contributed by atoms with Crippen molar-refractivity contribution in [3.8, 4) is 0 Å². The van der Waals surface area contributed by atoms with Crippen LogP contribution in [0, 0.1) is 23.7 Å². The van der Waals surface area contributed by atoms with Crippen LogP contribution >= 0.6 is 0 Å². The van der Waals surface area contributed by atoms with E-state index in [2.05, 4.69) is 17.5 Å². The van der Waals surface area contributed by atoms with Gasteiger partial charge in [0.25, 0.3) is 5.91 Å². The minimum absolute atomic E-state index is 0.0976. The lowest BCUT2D eigenvalue weighted by Crippen LogP contribution is -2.32. The van der Waals surface area contributed by atoms with Crippen LogP contribution in [0.3, 0.4) is 0 Å². The average Bonchev–Trinajstić information content (AvgIpc) is 3.21. The lowest BCUT2D eigenvalue weighted by molar-refractivity contribution is -0.123. The lowest BCUT2D eigenvalue weighted by Gasteiger charge is -2.17. The second-order valence-corrected chi connectivity index (χ2v) is 6.14. The molecule has 0 spiro atoms. The van der Waals surface area contributed by atoms with E-state index in [0.717, 1.165) is 6.42 Å². The van der Waals surface area contributed by atoms with Crippen molar-refractivity contribution < 1.29 is 14.4 Å². The van der Waals surface area contributed by atoms with Crippen LogP contribution in [-0.2, 0) is 9.59 Å². The summed E-state index contributed by atoms with van der Waals surface area (Å²) in [5.41, 5.74) is 1.06. The molecule has 5 nitrogen and oxygen atoms in total. The lowest BCUT2D eigenvalue weighted by atomic mass is 9.85. The average molecular weight is 296 g/mol. The van der Waals surface area contributed by atoms with Crippen LogP contribution in [-0.4, -0.2) is 24.8 Å². The fourth-order valence-corrected chi connectivity index (χ4v) is 4.06. The van der Waals surface area contributed by atoms with Crippen molar-refractivity contribution in [3.05, 3.63) is 42.0 Å². The Hall–Kier alpha value is -2.43. The number of amides is 3. The Balaban J connectivity index is 1.65. The summed E-state index contributed by atoms with van der Waals surface area (Å²) in [5.74, 6) is -0.353. The third-order valence-electron chi connectivity index (χ3n) is 5.09. The SMILES string of the molecule is CNC(=O)c1ccc(N2C(=O)C3C4C=CC(C4)C3C2=O)cc1. The maximum atomic E-state index is 12.7. The molecule has 1 aromatic carbocycles. The molecule has 0 radical (unpaired) electrons. The molecule has 2 fully saturated rings. The van der Waals surface area contributed by atoms with Crippen LogP contribution in [0.2, 0.25) is 0 Å². The van der Waals surface area contributed by atoms with Gasteiger partial charge in [-0.2, -0.15) is 0 Å². The fraction of sp³-hybridized carbons (Fsp3) is 0.353. The first-order valence-electron chi connectivity index (χ1n) is 7.50. The van der Waals surface area contributed by atoms with Gasteiger partial charge < -0.3 is 5.32 Å². The van der Waals surface area contributed by atoms with E-state index in [4.69, 9.17) is 0 Å². The van der Waals surface area contributed by atoms with E-state index in [9.17, 15) is 14.4 Å². The van der Waals surface area contributed by atoms with Crippen LogP contribution in [0.4, 0.5) is 5.69 Å². The summed E-state index contributed by atoms with van der Waals surface area (Å²) in [6, 6.07) is 6.60. The van der Waals surface area contributed by atoms with Crippen LogP contribution in [0.25, 0.3) is 0 Å². The zero-order chi connectivity index (χ0) is 15.4. The zero-order valence-electron chi connectivity index (χ0n) is 12.2. The fourth-order valence-electron chi connectivity index (χ4n) is 4.06. The Labute approximate surface area is 128 Å². The monoisotopic (exact) mass is 296 g/mol. The zero-order valence-corrected chi connectivity index (χ0v) is 12.2. The van der Waals surface area contributed by atoms with E-state index in [1.165, 1.54) is 4.90 Å². The number of allylic oxidation sites excluding steroid dienone is 2. The van der Waals surface area contributed by atoms with E-state index < -0.39 is 0 Å². The number of hydrogen-bond acceptors (Lipinski definition) is 3. The quantitative estimate of drug-likeness (QED) is 0.662. The van der Waals surface area contributed by atoms with E-state index in [-0.39, 0.29) is 41.4 Å². The molecule has 112 valence electrons. The summed E-state index contributed by atoms with van der Waals surface area (Å²) in [6.45, 7) is 0. The van der Waals surface area contributed by atoms with Gasteiger partial charge >= 0.3 is 0 Å². The summed E-state index contributed by atoms with van der Waals surface area (Å²) in [5, 5.41) is 2.55. The molecule has 2 bridgehead atoms. The number of hydrogen-bond donors (Lipinski definition) is 1. The van der Waals surface area contributed by atoms with Crippen LogP contribution in [0.1, 0.15) is 16.8 Å². The number of nitrogens with zero attached hydrogens (tertiary/aromatic N) is 1. The maximum Gasteiger partial charge on any atom is 0.251 e. The second kappa shape index (κ2) is 4.53. The number of carbonyl (C=O) groups is 3. The number of rotatable bonds is 2. The Morgan fingerprint density at radius 1 is 1.05 bits per heavy atom. The minimum atomic E-state index is -0.193. The molecular weight excluding hydrogens is 280 g/mol. The summed E-state index contributed by atoms with van der Waals surface area (Å²) in [6.07, 6.45) is 5.08. The number of fused-ring (bicyclic) bond motifs is 5. The second-order valence-electron chi connectivity index (χ2n) is 6.14. The number of carbonyl (C=O) groups excluding carboxylic acids is 3. The van der Waals surface area contributed by atoms with Gasteiger partial charge in [0.15, 0.2) is 0 Å². The number of imide groups is 1. The van der Waals surface area contributed by atoms with Crippen LogP contribution < -0.4 is 10.2 Å². The number of nitrogens with one attached hydrogen (secondary N) is 1. The van der Waals surface area contributed by atoms with Crippen molar-refractivity contribution >= 4 is 23.4 Å². The summed E-state index contributed by atoms with van der Waals surface area (Å²) in [7, 11) is 1.56.